The molecule has 4 rings (SSSR count). The van der Waals surface area contributed by atoms with Crippen LogP contribution in [-0.4, -0.2) is 48.6 Å². The Bertz CT molecular complexity index is 924. The van der Waals surface area contributed by atoms with Crippen molar-refractivity contribution in [2.24, 2.45) is 0 Å². The van der Waals surface area contributed by atoms with Gasteiger partial charge < -0.3 is 9.32 Å². The maximum absolute atomic E-state index is 12.4. The number of carbonyl (C=O) groups is 1. The van der Waals surface area contributed by atoms with E-state index in [0.717, 1.165) is 32.1 Å². The van der Waals surface area contributed by atoms with Crippen molar-refractivity contribution in [3.05, 3.63) is 16.8 Å². The van der Waals surface area contributed by atoms with Gasteiger partial charge in [-0.05, 0) is 45.1 Å². The zero-order valence-corrected chi connectivity index (χ0v) is 16.0. The molecular weight excluding hydrogens is 376 g/mol. The first-order chi connectivity index (χ1) is 12.4. The normalized spacial score (nSPS) is 18.3. The van der Waals surface area contributed by atoms with E-state index in [4.69, 9.17) is 4.42 Å². The van der Waals surface area contributed by atoms with Crippen LogP contribution in [0.15, 0.2) is 15.4 Å². The standard InChI is InChI=1S/C16H20N4O4S2/c1-10-13(26(22,23)19-11-5-6-11)9-12(25-10)14-17-18-15(24-14)16(21)20-7-3-2-4-8-20/h9,11,19H,2-8H2,1H3. The maximum Gasteiger partial charge on any atom is 0.311 e. The van der Waals surface area contributed by atoms with E-state index < -0.39 is 10.0 Å². The number of hydrogen-bond donors (Lipinski definition) is 1. The van der Waals surface area contributed by atoms with E-state index in [2.05, 4.69) is 14.9 Å². The van der Waals surface area contributed by atoms with Crippen molar-refractivity contribution >= 4 is 27.3 Å². The monoisotopic (exact) mass is 396 g/mol. The minimum Gasteiger partial charge on any atom is -0.411 e. The van der Waals surface area contributed by atoms with Gasteiger partial charge >= 0.3 is 11.8 Å². The lowest BCUT2D eigenvalue weighted by Crippen LogP contribution is -2.35. The molecule has 0 aromatic carbocycles. The number of aryl methyl sites for hydroxylation is 1. The first-order valence-corrected chi connectivity index (χ1v) is 11.0. The molecule has 140 valence electrons. The third kappa shape index (κ3) is 3.53. The Morgan fingerprint density at radius 1 is 1.27 bits per heavy atom. The van der Waals surface area contributed by atoms with Gasteiger partial charge in [-0.2, -0.15) is 0 Å². The fraction of sp³-hybridized carbons (Fsp3) is 0.562. The number of hydrogen-bond acceptors (Lipinski definition) is 7. The lowest BCUT2D eigenvalue weighted by molar-refractivity contribution is 0.0684. The molecule has 1 saturated heterocycles. The van der Waals surface area contributed by atoms with E-state index in [0.29, 0.717) is 22.8 Å². The Labute approximate surface area is 155 Å². The first kappa shape index (κ1) is 17.6. The van der Waals surface area contributed by atoms with E-state index in [9.17, 15) is 13.2 Å². The summed E-state index contributed by atoms with van der Waals surface area (Å²) in [6.07, 6.45) is 4.83. The molecule has 1 saturated carbocycles. The molecule has 1 N–H and O–H groups in total. The Morgan fingerprint density at radius 3 is 2.69 bits per heavy atom. The molecule has 0 bridgehead atoms. The van der Waals surface area contributed by atoms with Crippen molar-refractivity contribution in [3.63, 3.8) is 0 Å². The van der Waals surface area contributed by atoms with Gasteiger partial charge in [0.15, 0.2) is 0 Å². The summed E-state index contributed by atoms with van der Waals surface area (Å²) in [5.41, 5.74) is 0. The summed E-state index contributed by atoms with van der Waals surface area (Å²) in [7, 11) is -3.55. The van der Waals surface area contributed by atoms with Gasteiger partial charge in [0, 0.05) is 24.0 Å². The summed E-state index contributed by atoms with van der Waals surface area (Å²) in [5.74, 6) is -0.139. The van der Waals surface area contributed by atoms with E-state index in [1.165, 1.54) is 17.4 Å². The van der Waals surface area contributed by atoms with Crippen LogP contribution in [0.25, 0.3) is 10.8 Å². The predicted octanol–water partition coefficient (Wildman–Crippen LogP) is 2.17. The Hall–Kier alpha value is -1.78. The molecule has 8 nitrogen and oxygen atoms in total. The van der Waals surface area contributed by atoms with Crippen LogP contribution in [0.2, 0.25) is 0 Å². The minimum absolute atomic E-state index is 0.0416. The summed E-state index contributed by atoms with van der Waals surface area (Å²) >= 11 is 1.26. The second-order valence-corrected chi connectivity index (χ2v) is 9.63. The van der Waals surface area contributed by atoms with Gasteiger partial charge in [0.05, 0.1) is 9.77 Å². The number of carbonyl (C=O) groups excluding carboxylic acids is 1. The van der Waals surface area contributed by atoms with Crippen LogP contribution in [-0.2, 0) is 10.0 Å². The number of likely N-dealkylation sites (tertiary alicyclic amines) is 1. The number of nitrogens with one attached hydrogen (secondary N) is 1. The van der Waals surface area contributed by atoms with Crippen molar-refractivity contribution in [2.45, 2.75) is 50.0 Å². The van der Waals surface area contributed by atoms with Crippen LogP contribution in [0, 0.1) is 6.92 Å². The minimum atomic E-state index is -3.55. The van der Waals surface area contributed by atoms with Crippen LogP contribution in [0.3, 0.4) is 0 Å². The van der Waals surface area contributed by atoms with E-state index in [-0.39, 0.29) is 28.6 Å². The smallest absolute Gasteiger partial charge is 0.311 e. The van der Waals surface area contributed by atoms with Gasteiger partial charge in [-0.3, -0.25) is 4.79 Å². The van der Waals surface area contributed by atoms with E-state index >= 15 is 0 Å². The number of thiophene rings is 1. The summed E-state index contributed by atoms with van der Waals surface area (Å²) in [6, 6.07) is 1.58. The van der Waals surface area contributed by atoms with Gasteiger partial charge in [-0.25, -0.2) is 13.1 Å². The van der Waals surface area contributed by atoms with Crippen molar-refractivity contribution in [3.8, 4) is 10.8 Å². The zero-order chi connectivity index (χ0) is 18.3. The average Bonchev–Trinajstić information content (AvgIpc) is 3.13. The molecule has 2 aromatic rings. The van der Waals surface area contributed by atoms with Gasteiger partial charge in [0.25, 0.3) is 5.89 Å². The number of sulfonamides is 1. The third-order valence-electron chi connectivity index (χ3n) is 4.52. The SMILES string of the molecule is Cc1sc(-c2nnc(C(=O)N3CCCCC3)o2)cc1S(=O)(=O)NC1CC1. The average molecular weight is 396 g/mol. The molecule has 3 heterocycles. The third-order valence-corrected chi connectivity index (χ3v) is 7.34. The highest BCUT2D eigenvalue weighted by molar-refractivity contribution is 7.89. The molecule has 1 aliphatic carbocycles. The lowest BCUT2D eigenvalue weighted by atomic mass is 10.1. The Morgan fingerprint density at radius 2 is 2.00 bits per heavy atom. The summed E-state index contributed by atoms with van der Waals surface area (Å²) in [4.78, 5) is 15.6. The maximum atomic E-state index is 12.4. The quantitative estimate of drug-likeness (QED) is 0.830. The van der Waals surface area contributed by atoms with Crippen molar-refractivity contribution < 1.29 is 17.6 Å². The summed E-state index contributed by atoms with van der Waals surface area (Å²) < 4.78 is 33.1. The number of rotatable bonds is 5. The predicted molar refractivity (Wildman–Crippen MR) is 95.4 cm³/mol. The Balaban J connectivity index is 1.56. The molecule has 2 aliphatic rings. The molecule has 2 fully saturated rings. The number of nitrogens with zero attached hydrogens (tertiary/aromatic N) is 3. The number of amides is 1. The van der Waals surface area contributed by atoms with Crippen LogP contribution >= 0.6 is 11.3 Å². The number of aromatic nitrogens is 2. The summed E-state index contributed by atoms with van der Waals surface area (Å²) in [5, 5.41) is 7.80. The highest BCUT2D eigenvalue weighted by Gasteiger charge is 2.31. The highest BCUT2D eigenvalue weighted by Crippen LogP contribution is 2.34. The molecule has 2 aromatic heterocycles. The van der Waals surface area contributed by atoms with Gasteiger partial charge in [0.2, 0.25) is 10.0 Å². The van der Waals surface area contributed by atoms with E-state index in [1.54, 1.807) is 11.8 Å². The van der Waals surface area contributed by atoms with Crippen molar-refractivity contribution in [1.82, 2.24) is 19.8 Å². The molecular formula is C16H20N4O4S2. The Kier molecular flexibility index (Phi) is 4.57. The van der Waals surface area contributed by atoms with Crippen LogP contribution < -0.4 is 4.72 Å². The van der Waals surface area contributed by atoms with Crippen LogP contribution in [0.4, 0.5) is 0 Å². The largest absolute Gasteiger partial charge is 0.411 e. The van der Waals surface area contributed by atoms with Crippen LogP contribution in [0.1, 0.15) is 47.7 Å². The molecule has 0 radical (unpaired) electrons. The lowest BCUT2D eigenvalue weighted by Gasteiger charge is -2.24. The van der Waals surface area contributed by atoms with Gasteiger partial charge in [-0.1, -0.05) is 0 Å². The molecule has 1 amide bonds. The van der Waals surface area contributed by atoms with E-state index in [1.807, 2.05) is 0 Å². The fourth-order valence-electron chi connectivity index (χ4n) is 2.96. The molecule has 26 heavy (non-hydrogen) atoms. The fourth-order valence-corrected chi connectivity index (χ4v) is 5.78. The molecule has 0 atom stereocenters. The van der Waals surface area contributed by atoms with Crippen LogP contribution in [0.5, 0.6) is 0 Å². The molecule has 0 spiro atoms. The second kappa shape index (κ2) is 6.75. The molecule has 10 heteroatoms. The van der Waals surface area contributed by atoms with Crippen molar-refractivity contribution in [2.75, 3.05) is 13.1 Å². The highest BCUT2D eigenvalue weighted by atomic mass is 32.2. The zero-order valence-electron chi connectivity index (χ0n) is 14.4. The van der Waals surface area contributed by atoms with Gasteiger partial charge in [0.1, 0.15) is 0 Å². The number of piperidine rings is 1. The summed E-state index contributed by atoms with van der Waals surface area (Å²) in [6.45, 7) is 3.14. The molecule has 0 unspecified atom stereocenters. The van der Waals surface area contributed by atoms with Gasteiger partial charge in [-0.15, -0.1) is 21.5 Å². The first-order valence-electron chi connectivity index (χ1n) is 8.70. The second-order valence-electron chi connectivity index (χ2n) is 6.69. The molecule has 1 aliphatic heterocycles. The van der Waals surface area contributed by atoms with Crippen molar-refractivity contribution in [1.29, 1.82) is 0 Å². The topological polar surface area (TPSA) is 105 Å².